The summed E-state index contributed by atoms with van der Waals surface area (Å²) in [4.78, 5) is 31.0. The molecule has 0 rings (SSSR count). The van der Waals surface area contributed by atoms with E-state index in [9.17, 15) is 24.9 Å². The predicted molar refractivity (Wildman–Crippen MR) is 88.6 cm³/mol. The van der Waals surface area contributed by atoms with Gasteiger partial charge in [-0.2, -0.15) is 0 Å². The highest BCUT2D eigenvalue weighted by molar-refractivity contribution is 5.89. The van der Waals surface area contributed by atoms with Gasteiger partial charge >= 0.3 is 11.9 Å². The van der Waals surface area contributed by atoms with Gasteiger partial charge in [0.1, 0.15) is 11.7 Å². The molecule has 0 aliphatic rings. The second-order valence-electron chi connectivity index (χ2n) is 5.77. The minimum Gasteiger partial charge on any atom is -0.394 e. The van der Waals surface area contributed by atoms with E-state index in [1.807, 2.05) is 13.8 Å². The molecule has 0 aliphatic heterocycles. The molecule has 0 aromatic carbocycles. The maximum absolute atomic E-state index is 11.9. The number of aliphatic hydroxyl groups excluding tert-OH is 2. The van der Waals surface area contributed by atoms with Gasteiger partial charge in [0.2, 0.25) is 0 Å². The van der Waals surface area contributed by atoms with Crippen molar-refractivity contribution in [3.05, 3.63) is 24.8 Å². The lowest BCUT2D eigenvalue weighted by molar-refractivity contribution is -0.456. The molecule has 0 bridgehead atoms. The Labute approximate surface area is 147 Å². The number of hydrogen-bond acceptors (Lipinski definition) is 8. The Morgan fingerprint density at radius 2 is 1.92 bits per heavy atom. The first-order valence-electron chi connectivity index (χ1n) is 8.19. The molecule has 0 amide bonds. The summed E-state index contributed by atoms with van der Waals surface area (Å²) in [6.45, 7) is 9.74. The maximum atomic E-state index is 11.9. The Balaban J connectivity index is 5.08. The van der Waals surface area contributed by atoms with Gasteiger partial charge in [0.15, 0.2) is 0 Å². The Bertz CT molecular complexity index is 462. The SMILES string of the molecule is C=CC(=O)OOOC(=O)C(=C)C(O)(CC(CC)CCCC)C(O)CO. The van der Waals surface area contributed by atoms with E-state index in [0.717, 1.165) is 25.3 Å². The molecule has 3 N–H and O–H groups in total. The minimum absolute atomic E-state index is 0.00443. The van der Waals surface area contributed by atoms with E-state index in [4.69, 9.17) is 0 Å². The highest BCUT2D eigenvalue weighted by Gasteiger charge is 2.44. The monoisotopic (exact) mass is 360 g/mol. The van der Waals surface area contributed by atoms with Crippen LogP contribution >= 0.6 is 0 Å². The number of carbonyl (C=O) groups excluding carboxylic acids is 2. The first-order chi connectivity index (χ1) is 11.8. The maximum Gasteiger partial charge on any atom is 0.375 e. The third-order valence-corrected chi connectivity index (χ3v) is 4.03. The van der Waals surface area contributed by atoms with Crippen LogP contribution in [-0.2, 0) is 24.4 Å². The fourth-order valence-corrected chi connectivity index (χ4v) is 2.34. The van der Waals surface area contributed by atoms with Crippen LogP contribution in [0.5, 0.6) is 0 Å². The molecule has 3 unspecified atom stereocenters. The van der Waals surface area contributed by atoms with Gasteiger partial charge in [0.25, 0.3) is 0 Å². The van der Waals surface area contributed by atoms with Crippen molar-refractivity contribution in [2.75, 3.05) is 6.61 Å². The van der Waals surface area contributed by atoms with E-state index in [1.165, 1.54) is 0 Å². The summed E-state index contributed by atoms with van der Waals surface area (Å²) < 4.78 is 0. The summed E-state index contributed by atoms with van der Waals surface area (Å²) in [5, 5.41) is 34.0. The summed E-state index contributed by atoms with van der Waals surface area (Å²) >= 11 is 0. The van der Waals surface area contributed by atoms with Crippen molar-refractivity contribution in [2.24, 2.45) is 5.92 Å². The van der Waals surface area contributed by atoms with Crippen molar-refractivity contribution in [3.63, 3.8) is 0 Å². The van der Waals surface area contributed by atoms with Crippen molar-refractivity contribution in [1.29, 1.82) is 0 Å². The van der Waals surface area contributed by atoms with Gasteiger partial charge in [-0.15, -0.1) is 0 Å². The van der Waals surface area contributed by atoms with Crippen molar-refractivity contribution in [2.45, 2.75) is 57.7 Å². The van der Waals surface area contributed by atoms with Gasteiger partial charge in [0, 0.05) is 11.1 Å². The molecule has 0 aromatic rings. The molecule has 144 valence electrons. The van der Waals surface area contributed by atoms with Gasteiger partial charge in [-0.3, -0.25) is 9.78 Å². The van der Waals surface area contributed by atoms with E-state index in [1.54, 1.807) is 0 Å². The number of unbranched alkanes of at least 4 members (excludes halogenated alkanes) is 1. The molecule has 0 radical (unpaired) electrons. The molecule has 0 aliphatic carbocycles. The standard InChI is InChI=1S/C17H28O8/c1-5-8-9-13(6-2)10-17(22,14(19)11-18)12(4)16(21)24-25-23-15(20)7-3/h7,13-14,18-19,22H,3-6,8-11H2,1-2H3. The third-order valence-electron chi connectivity index (χ3n) is 4.03. The lowest BCUT2D eigenvalue weighted by Crippen LogP contribution is -2.49. The quantitative estimate of drug-likeness (QED) is 0.256. The molecule has 25 heavy (non-hydrogen) atoms. The van der Waals surface area contributed by atoms with E-state index in [0.29, 0.717) is 6.42 Å². The first-order valence-corrected chi connectivity index (χ1v) is 8.19. The largest absolute Gasteiger partial charge is 0.394 e. The second-order valence-corrected chi connectivity index (χ2v) is 5.77. The van der Waals surface area contributed by atoms with Crippen LogP contribution in [0.4, 0.5) is 0 Å². The highest BCUT2D eigenvalue weighted by Crippen LogP contribution is 2.32. The zero-order valence-electron chi connectivity index (χ0n) is 14.8. The normalized spacial score (nSPS) is 15.6. The fourth-order valence-electron chi connectivity index (χ4n) is 2.34. The fraction of sp³-hybridized carbons (Fsp3) is 0.647. The Morgan fingerprint density at radius 1 is 1.28 bits per heavy atom. The molecule has 0 fully saturated rings. The van der Waals surface area contributed by atoms with Crippen LogP contribution in [0.25, 0.3) is 0 Å². The molecular formula is C17H28O8. The van der Waals surface area contributed by atoms with Crippen LogP contribution in [0, 0.1) is 5.92 Å². The summed E-state index contributed by atoms with van der Waals surface area (Å²) in [6.07, 6.45) is 2.52. The van der Waals surface area contributed by atoms with Crippen LogP contribution in [0.2, 0.25) is 0 Å². The summed E-state index contributed by atoms with van der Waals surface area (Å²) in [5.74, 6) is -2.23. The van der Waals surface area contributed by atoms with Gasteiger partial charge < -0.3 is 15.3 Å². The number of aliphatic hydroxyl groups is 3. The summed E-state index contributed by atoms with van der Waals surface area (Å²) in [5.41, 5.74) is -2.62. The van der Waals surface area contributed by atoms with Crippen LogP contribution in [0.15, 0.2) is 24.8 Å². The highest BCUT2D eigenvalue weighted by atomic mass is 17.5. The topological polar surface area (TPSA) is 123 Å². The minimum atomic E-state index is -2.11. The van der Waals surface area contributed by atoms with Crippen molar-refractivity contribution in [1.82, 2.24) is 0 Å². The zero-order chi connectivity index (χ0) is 19.5. The molecule has 0 saturated heterocycles. The van der Waals surface area contributed by atoms with Crippen LogP contribution in [0.3, 0.4) is 0 Å². The average Bonchev–Trinajstić information content (AvgIpc) is 2.62. The van der Waals surface area contributed by atoms with Gasteiger partial charge in [-0.25, -0.2) is 9.59 Å². The lowest BCUT2D eigenvalue weighted by Gasteiger charge is -2.35. The van der Waals surface area contributed by atoms with Gasteiger partial charge in [-0.05, 0) is 12.3 Å². The molecule has 0 heterocycles. The average molecular weight is 360 g/mol. The van der Waals surface area contributed by atoms with Crippen molar-refractivity contribution < 1.29 is 39.7 Å². The third kappa shape index (κ3) is 7.35. The van der Waals surface area contributed by atoms with Crippen LogP contribution in [0.1, 0.15) is 46.0 Å². The Kier molecular flexibility index (Phi) is 10.9. The number of rotatable bonds is 13. The second kappa shape index (κ2) is 11.8. The molecule has 0 spiro atoms. The van der Waals surface area contributed by atoms with Crippen LogP contribution in [-0.4, -0.2) is 45.6 Å². The molecule has 3 atom stereocenters. The van der Waals surface area contributed by atoms with Crippen LogP contribution < -0.4 is 0 Å². The van der Waals surface area contributed by atoms with Crippen molar-refractivity contribution in [3.8, 4) is 0 Å². The van der Waals surface area contributed by atoms with Gasteiger partial charge in [0.05, 0.1) is 12.2 Å². The number of hydrogen-bond donors (Lipinski definition) is 3. The summed E-state index contributed by atoms with van der Waals surface area (Å²) in [6, 6.07) is 0. The first kappa shape index (κ1) is 23.3. The van der Waals surface area contributed by atoms with E-state index >= 15 is 0 Å². The van der Waals surface area contributed by atoms with Gasteiger partial charge in [-0.1, -0.05) is 52.7 Å². The Hall–Kier alpha value is -1.74. The molecular weight excluding hydrogens is 332 g/mol. The molecule has 8 nitrogen and oxygen atoms in total. The van der Waals surface area contributed by atoms with E-state index in [-0.39, 0.29) is 12.3 Å². The molecule has 8 heteroatoms. The molecule has 0 aromatic heterocycles. The number of carbonyl (C=O) groups is 2. The Morgan fingerprint density at radius 3 is 2.40 bits per heavy atom. The predicted octanol–water partition coefficient (Wildman–Crippen LogP) is 1.35. The lowest BCUT2D eigenvalue weighted by atomic mass is 9.78. The molecule has 0 saturated carbocycles. The van der Waals surface area contributed by atoms with E-state index < -0.39 is 35.8 Å². The van der Waals surface area contributed by atoms with E-state index in [2.05, 4.69) is 28.0 Å². The zero-order valence-corrected chi connectivity index (χ0v) is 14.8. The van der Waals surface area contributed by atoms with Crippen molar-refractivity contribution >= 4 is 11.9 Å². The summed E-state index contributed by atoms with van der Waals surface area (Å²) in [7, 11) is 0. The smallest absolute Gasteiger partial charge is 0.375 e.